The summed E-state index contributed by atoms with van der Waals surface area (Å²) in [5.74, 6) is -1.43. The maximum absolute atomic E-state index is 16.8. The van der Waals surface area contributed by atoms with Crippen LogP contribution in [-0.4, -0.2) is 82.7 Å². The van der Waals surface area contributed by atoms with E-state index in [1.165, 1.54) is 24.4 Å². The van der Waals surface area contributed by atoms with E-state index in [1.807, 2.05) is 11.8 Å². The number of aromatic hydroxyl groups is 1. The standard InChI is InChI=1S/C33H33F3N6O3/c1-2-23-26(35)5-4-20-10-22(43)11-24(27(20)23)29-28(36)30-25(14-38-29)31(41-8-9-44-17-19(13-37)15-41)40-32(39-30)45-18-33-6-3-7-42(33)16-21(34)12-33/h4-5,10-11,14,19,21,43H,2-3,6-9,12,15-18H2,1H3/t19?,21-,33+/m1/s1. The number of phenolic OH excluding ortho intramolecular Hbond substituents is 1. The van der Waals surface area contributed by atoms with Crippen LogP contribution in [0, 0.1) is 28.9 Å². The highest BCUT2D eigenvalue weighted by atomic mass is 19.1. The number of rotatable bonds is 6. The topological polar surface area (TPSA) is 108 Å². The van der Waals surface area contributed by atoms with Gasteiger partial charge in [-0.3, -0.25) is 9.88 Å². The predicted octanol–water partition coefficient (Wildman–Crippen LogP) is 5.32. The molecule has 0 aliphatic carbocycles. The number of aryl methyl sites for hydroxylation is 1. The summed E-state index contributed by atoms with van der Waals surface area (Å²) in [6.45, 7) is 4.40. The molecular weight excluding hydrogens is 585 g/mol. The van der Waals surface area contributed by atoms with Crippen LogP contribution in [0.4, 0.5) is 19.0 Å². The highest BCUT2D eigenvalue weighted by molar-refractivity contribution is 6.01. The van der Waals surface area contributed by atoms with Crippen LogP contribution in [0.5, 0.6) is 11.8 Å². The number of nitrogens with zero attached hydrogens (tertiary/aromatic N) is 6. The van der Waals surface area contributed by atoms with Gasteiger partial charge in [0.25, 0.3) is 0 Å². The molecule has 2 aromatic heterocycles. The van der Waals surface area contributed by atoms with Crippen molar-refractivity contribution in [3.8, 4) is 29.1 Å². The lowest BCUT2D eigenvalue weighted by Gasteiger charge is -2.31. The summed E-state index contributed by atoms with van der Waals surface area (Å²) in [5, 5.41) is 21.5. The largest absolute Gasteiger partial charge is 0.508 e. The Bertz CT molecular complexity index is 1830. The second-order valence-electron chi connectivity index (χ2n) is 12.2. The minimum Gasteiger partial charge on any atom is -0.508 e. The van der Waals surface area contributed by atoms with Crippen molar-refractivity contribution in [2.45, 2.75) is 44.3 Å². The Morgan fingerprint density at radius 1 is 1.20 bits per heavy atom. The fourth-order valence-corrected chi connectivity index (χ4v) is 7.28. The van der Waals surface area contributed by atoms with Gasteiger partial charge in [-0.15, -0.1) is 0 Å². The van der Waals surface area contributed by atoms with Crippen LogP contribution in [0.2, 0.25) is 0 Å². The molecule has 0 radical (unpaired) electrons. The molecule has 0 bridgehead atoms. The number of aromatic nitrogens is 3. The van der Waals surface area contributed by atoms with Crippen LogP contribution in [0.3, 0.4) is 0 Å². The molecule has 0 saturated carbocycles. The number of halogens is 3. The summed E-state index contributed by atoms with van der Waals surface area (Å²) >= 11 is 0. The first-order valence-corrected chi connectivity index (χ1v) is 15.3. The zero-order valence-electron chi connectivity index (χ0n) is 24.9. The van der Waals surface area contributed by atoms with Gasteiger partial charge in [0.15, 0.2) is 5.82 Å². The van der Waals surface area contributed by atoms with Gasteiger partial charge in [0, 0.05) is 37.8 Å². The Labute approximate surface area is 258 Å². The van der Waals surface area contributed by atoms with Crippen LogP contribution in [0.25, 0.3) is 32.9 Å². The van der Waals surface area contributed by atoms with Gasteiger partial charge in [-0.2, -0.15) is 15.2 Å². The van der Waals surface area contributed by atoms with Gasteiger partial charge in [0.2, 0.25) is 0 Å². The third-order valence-corrected chi connectivity index (χ3v) is 9.38. The SMILES string of the molecule is CCc1c(F)ccc2cc(O)cc(-c3ncc4c(N5CCOCC(C#N)C5)nc(OC[C@@]56CCCN5C[C@H](F)C6)nc4c3F)c12. The molecule has 0 amide bonds. The summed E-state index contributed by atoms with van der Waals surface area (Å²) < 4.78 is 57.9. The zero-order chi connectivity index (χ0) is 31.3. The van der Waals surface area contributed by atoms with Gasteiger partial charge in [0.05, 0.1) is 36.1 Å². The minimum atomic E-state index is -0.942. The van der Waals surface area contributed by atoms with E-state index in [0.717, 1.165) is 19.4 Å². The van der Waals surface area contributed by atoms with Gasteiger partial charge in [-0.1, -0.05) is 13.0 Å². The number of hydrogen-bond acceptors (Lipinski definition) is 9. The summed E-state index contributed by atoms with van der Waals surface area (Å²) in [5.41, 5.74) is -0.0308. The normalized spacial score (nSPS) is 23.8. The minimum absolute atomic E-state index is 0.0693. The first kappa shape index (κ1) is 29.5. The van der Waals surface area contributed by atoms with Crippen molar-refractivity contribution < 1.29 is 27.8 Å². The molecule has 9 nitrogen and oxygen atoms in total. The molecule has 4 aromatic rings. The van der Waals surface area contributed by atoms with Crippen molar-refractivity contribution >= 4 is 27.5 Å². The zero-order valence-corrected chi connectivity index (χ0v) is 24.9. The molecule has 3 fully saturated rings. The number of alkyl halides is 1. The monoisotopic (exact) mass is 618 g/mol. The van der Waals surface area contributed by atoms with E-state index in [-0.39, 0.29) is 41.7 Å². The van der Waals surface area contributed by atoms with Crippen molar-refractivity contribution in [1.29, 1.82) is 5.26 Å². The average molecular weight is 619 g/mol. The molecule has 3 saturated heterocycles. The van der Waals surface area contributed by atoms with Crippen LogP contribution in [0.15, 0.2) is 30.5 Å². The number of fused-ring (bicyclic) bond motifs is 3. The maximum atomic E-state index is 16.8. The number of hydrogen-bond donors (Lipinski definition) is 1. The number of pyridine rings is 1. The molecular formula is C33H33F3N6O3. The Hall–Kier alpha value is -4.21. The van der Waals surface area contributed by atoms with Gasteiger partial charge in [-0.05, 0) is 60.3 Å². The number of ether oxygens (including phenoxy) is 2. The lowest BCUT2D eigenvalue weighted by molar-refractivity contribution is 0.107. The third kappa shape index (κ3) is 5.17. The second-order valence-corrected chi connectivity index (χ2v) is 12.2. The van der Waals surface area contributed by atoms with Crippen LogP contribution >= 0.6 is 0 Å². The number of benzene rings is 2. The lowest BCUT2D eigenvalue weighted by atomic mass is 9.94. The Morgan fingerprint density at radius 3 is 2.89 bits per heavy atom. The molecule has 0 spiro atoms. The van der Waals surface area contributed by atoms with E-state index in [4.69, 9.17) is 14.5 Å². The van der Waals surface area contributed by atoms with E-state index < -0.39 is 29.3 Å². The van der Waals surface area contributed by atoms with Crippen molar-refractivity contribution in [2.75, 3.05) is 50.9 Å². The fourth-order valence-electron chi connectivity index (χ4n) is 7.28. The van der Waals surface area contributed by atoms with Crippen molar-refractivity contribution in [1.82, 2.24) is 19.9 Å². The third-order valence-electron chi connectivity index (χ3n) is 9.38. The van der Waals surface area contributed by atoms with Crippen LogP contribution in [-0.2, 0) is 11.2 Å². The smallest absolute Gasteiger partial charge is 0.319 e. The molecule has 3 aliphatic heterocycles. The Balaban J connectivity index is 1.38. The van der Waals surface area contributed by atoms with E-state index in [0.29, 0.717) is 66.6 Å². The average Bonchev–Trinajstić information content (AvgIpc) is 3.44. The molecule has 3 atom stereocenters. The number of nitriles is 1. The van der Waals surface area contributed by atoms with E-state index in [2.05, 4.69) is 20.9 Å². The van der Waals surface area contributed by atoms with Gasteiger partial charge in [0.1, 0.15) is 41.4 Å². The Morgan fingerprint density at radius 2 is 2.07 bits per heavy atom. The number of phenols is 1. The first-order chi connectivity index (χ1) is 21.8. The maximum Gasteiger partial charge on any atom is 0.319 e. The summed E-state index contributed by atoms with van der Waals surface area (Å²) in [6.07, 6.45) is 2.93. The molecule has 12 heteroatoms. The quantitative estimate of drug-likeness (QED) is 0.307. The Kier molecular flexibility index (Phi) is 7.61. The van der Waals surface area contributed by atoms with Crippen molar-refractivity contribution in [3.63, 3.8) is 0 Å². The molecule has 5 heterocycles. The highest BCUT2D eigenvalue weighted by Crippen LogP contribution is 2.42. The highest BCUT2D eigenvalue weighted by Gasteiger charge is 2.49. The fraction of sp³-hybridized carbons (Fsp3) is 0.455. The summed E-state index contributed by atoms with van der Waals surface area (Å²) in [7, 11) is 0. The molecule has 3 aliphatic rings. The van der Waals surface area contributed by atoms with Crippen LogP contribution < -0.4 is 9.64 Å². The second kappa shape index (κ2) is 11.6. The predicted molar refractivity (Wildman–Crippen MR) is 162 cm³/mol. The van der Waals surface area contributed by atoms with Crippen LogP contribution in [0.1, 0.15) is 31.7 Å². The molecule has 7 rings (SSSR count). The van der Waals surface area contributed by atoms with E-state index >= 15 is 4.39 Å². The molecule has 234 valence electrons. The number of anilines is 1. The van der Waals surface area contributed by atoms with Crippen molar-refractivity contribution in [2.24, 2.45) is 5.92 Å². The van der Waals surface area contributed by atoms with Gasteiger partial charge >= 0.3 is 6.01 Å². The molecule has 1 unspecified atom stereocenters. The van der Waals surface area contributed by atoms with Gasteiger partial charge in [-0.25, -0.2) is 13.2 Å². The lowest BCUT2D eigenvalue weighted by Crippen LogP contribution is -2.43. The molecule has 2 aromatic carbocycles. The molecule has 45 heavy (non-hydrogen) atoms. The van der Waals surface area contributed by atoms with Gasteiger partial charge < -0.3 is 19.5 Å². The summed E-state index contributed by atoms with van der Waals surface area (Å²) in [4.78, 5) is 17.6. The first-order valence-electron chi connectivity index (χ1n) is 15.3. The molecule has 1 N–H and O–H groups in total. The van der Waals surface area contributed by atoms with E-state index in [1.54, 1.807) is 6.07 Å². The van der Waals surface area contributed by atoms with Crippen molar-refractivity contribution in [3.05, 3.63) is 47.7 Å². The van der Waals surface area contributed by atoms with E-state index in [9.17, 15) is 19.1 Å². The summed E-state index contributed by atoms with van der Waals surface area (Å²) in [6, 6.07) is 7.94.